The van der Waals surface area contributed by atoms with Gasteiger partial charge in [-0.3, -0.25) is 0 Å². The van der Waals surface area contributed by atoms with Crippen LogP contribution in [-0.2, 0) is 0 Å². The van der Waals surface area contributed by atoms with Crippen LogP contribution in [-0.4, -0.2) is 31.0 Å². The van der Waals surface area contributed by atoms with Crippen LogP contribution in [0.5, 0.6) is 23.0 Å². The van der Waals surface area contributed by atoms with E-state index in [0.29, 0.717) is 28.9 Å². The van der Waals surface area contributed by atoms with Crippen LogP contribution < -0.4 is 29.6 Å². The first-order chi connectivity index (χ1) is 13.2. The third-order valence-electron chi connectivity index (χ3n) is 3.98. The number of nitrogens with one attached hydrogen (secondary N) is 2. The van der Waals surface area contributed by atoms with Gasteiger partial charge >= 0.3 is 0 Å². The van der Waals surface area contributed by atoms with Gasteiger partial charge in [0.2, 0.25) is 6.79 Å². The van der Waals surface area contributed by atoms with Crippen molar-refractivity contribution in [1.29, 1.82) is 0 Å². The highest BCUT2D eigenvalue weighted by atomic mass is 16.7. The Bertz CT molecular complexity index is 964. The number of nitrogens with zero attached hydrogens (tertiary/aromatic N) is 2. The van der Waals surface area contributed by atoms with Crippen molar-refractivity contribution in [3.8, 4) is 23.0 Å². The lowest BCUT2D eigenvalue weighted by Gasteiger charge is -2.13. The van der Waals surface area contributed by atoms with E-state index in [-0.39, 0.29) is 6.79 Å². The SMILES string of the molecule is COc1ccc(OC)c(Nc2cc(Nc3ccc4c(c3)OCO4)ncn2)c1. The van der Waals surface area contributed by atoms with Gasteiger partial charge in [-0.1, -0.05) is 0 Å². The summed E-state index contributed by atoms with van der Waals surface area (Å²) in [5.41, 5.74) is 1.58. The first-order valence-corrected chi connectivity index (χ1v) is 8.23. The van der Waals surface area contributed by atoms with Crippen LogP contribution >= 0.6 is 0 Å². The highest BCUT2D eigenvalue weighted by Gasteiger charge is 2.13. The van der Waals surface area contributed by atoms with Gasteiger partial charge in [0.1, 0.15) is 29.5 Å². The molecule has 0 spiro atoms. The Hall–Kier alpha value is -3.68. The number of fused-ring (bicyclic) bond motifs is 1. The minimum atomic E-state index is 0.239. The predicted molar refractivity (Wildman–Crippen MR) is 101 cm³/mol. The predicted octanol–water partition coefficient (Wildman–Crippen LogP) is 3.71. The van der Waals surface area contributed by atoms with Crippen molar-refractivity contribution in [2.45, 2.75) is 0 Å². The average molecular weight is 366 g/mol. The molecule has 27 heavy (non-hydrogen) atoms. The highest BCUT2D eigenvalue weighted by Crippen LogP contribution is 2.35. The van der Waals surface area contributed by atoms with Crippen LogP contribution in [0.25, 0.3) is 0 Å². The Balaban J connectivity index is 1.54. The molecule has 0 aliphatic carbocycles. The first-order valence-electron chi connectivity index (χ1n) is 8.23. The second-order valence-electron chi connectivity index (χ2n) is 5.67. The number of rotatable bonds is 6. The number of hydrogen-bond donors (Lipinski definition) is 2. The summed E-state index contributed by atoms with van der Waals surface area (Å²) < 4.78 is 21.4. The number of aromatic nitrogens is 2. The van der Waals surface area contributed by atoms with Crippen molar-refractivity contribution in [2.24, 2.45) is 0 Å². The van der Waals surface area contributed by atoms with Crippen LogP contribution in [0.2, 0.25) is 0 Å². The monoisotopic (exact) mass is 366 g/mol. The maximum atomic E-state index is 5.39. The molecule has 138 valence electrons. The molecule has 0 saturated carbocycles. The summed E-state index contributed by atoms with van der Waals surface area (Å²) in [6, 6.07) is 12.9. The summed E-state index contributed by atoms with van der Waals surface area (Å²) in [5.74, 6) is 4.07. The van der Waals surface area contributed by atoms with E-state index in [1.807, 2.05) is 36.4 Å². The fraction of sp³-hybridized carbons (Fsp3) is 0.158. The van der Waals surface area contributed by atoms with E-state index >= 15 is 0 Å². The van der Waals surface area contributed by atoms with E-state index in [9.17, 15) is 0 Å². The molecule has 1 aromatic heterocycles. The number of anilines is 4. The van der Waals surface area contributed by atoms with Gasteiger partial charge in [0.15, 0.2) is 11.5 Å². The molecule has 4 rings (SSSR count). The number of benzene rings is 2. The molecule has 2 heterocycles. The Morgan fingerprint density at radius 3 is 2.48 bits per heavy atom. The van der Waals surface area contributed by atoms with Crippen LogP contribution in [0.15, 0.2) is 48.8 Å². The zero-order chi connectivity index (χ0) is 18.6. The topological polar surface area (TPSA) is 86.8 Å². The number of methoxy groups -OCH3 is 2. The summed E-state index contributed by atoms with van der Waals surface area (Å²) in [6.07, 6.45) is 1.48. The van der Waals surface area contributed by atoms with E-state index in [1.165, 1.54) is 6.33 Å². The smallest absolute Gasteiger partial charge is 0.231 e. The Morgan fingerprint density at radius 2 is 1.67 bits per heavy atom. The van der Waals surface area contributed by atoms with Gasteiger partial charge in [0.05, 0.1) is 19.9 Å². The molecule has 1 aliphatic rings. The molecule has 0 atom stereocenters. The molecule has 0 fully saturated rings. The van der Waals surface area contributed by atoms with E-state index in [4.69, 9.17) is 18.9 Å². The van der Waals surface area contributed by atoms with E-state index in [1.54, 1.807) is 20.3 Å². The van der Waals surface area contributed by atoms with Gasteiger partial charge in [0, 0.05) is 23.9 Å². The van der Waals surface area contributed by atoms with Crippen molar-refractivity contribution in [3.63, 3.8) is 0 Å². The van der Waals surface area contributed by atoms with Crippen LogP contribution in [0, 0.1) is 0 Å². The van der Waals surface area contributed by atoms with Crippen LogP contribution in [0.3, 0.4) is 0 Å². The average Bonchev–Trinajstić information content (AvgIpc) is 3.16. The van der Waals surface area contributed by atoms with Crippen molar-refractivity contribution in [2.75, 3.05) is 31.6 Å². The van der Waals surface area contributed by atoms with Crippen molar-refractivity contribution in [1.82, 2.24) is 9.97 Å². The minimum absolute atomic E-state index is 0.239. The Labute approximate surface area is 156 Å². The molecule has 0 bridgehead atoms. The molecule has 0 saturated heterocycles. The standard InChI is InChI=1S/C19H18N4O4/c1-24-13-4-6-15(25-2)14(8-13)23-19-9-18(20-10-21-19)22-12-3-5-16-17(7-12)27-11-26-16/h3-10H,11H2,1-2H3,(H2,20,21,22,23). The summed E-state index contributed by atoms with van der Waals surface area (Å²) in [6.45, 7) is 0.239. The van der Waals surface area contributed by atoms with Crippen molar-refractivity contribution in [3.05, 3.63) is 48.8 Å². The first kappa shape index (κ1) is 16.8. The van der Waals surface area contributed by atoms with Gasteiger partial charge in [-0.25, -0.2) is 9.97 Å². The van der Waals surface area contributed by atoms with Gasteiger partial charge < -0.3 is 29.6 Å². The lowest BCUT2D eigenvalue weighted by atomic mass is 10.2. The van der Waals surface area contributed by atoms with Gasteiger partial charge in [0.25, 0.3) is 0 Å². The quantitative estimate of drug-likeness (QED) is 0.683. The molecular weight excluding hydrogens is 348 g/mol. The normalized spacial score (nSPS) is 11.8. The highest BCUT2D eigenvalue weighted by molar-refractivity contribution is 5.69. The maximum absolute atomic E-state index is 5.39. The second-order valence-corrected chi connectivity index (χ2v) is 5.67. The number of hydrogen-bond acceptors (Lipinski definition) is 8. The van der Waals surface area contributed by atoms with Gasteiger partial charge in [-0.2, -0.15) is 0 Å². The van der Waals surface area contributed by atoms with Crippen LogP contribution in [0.4, 0.5) is 23.0 Å². The Kier molecular flexibility index (Phi) is 4.52. The summed E-state index contributed by atoms with van der Waals surface area (Å²) in [5, 5.41) is 6.45. The molecule has 3 aromatic rings. The zero-order valence-corrected chi connectivity index (χ0v) is 14.9. The fourth-order valence-electron chi connectivity index (χ4n) is 2.67. The van der Waals surface area contributed by atoms with E-state index in [0.717, 1.165) is 17.1 Å². The molecule has 8 nitrogen and oxygen atoms in total. The molecule has 0 unspecified atom stereocenters. The van der Waals surface area contributed by atoms with Crippen LogP contribution in [0.1, 0.15) is 0 Å². The Morgan fingerprint density at radius 1 is 0.852 bits per heavy atom. The summed E-state index contributed by atoms with van der Waals surface area (Å²) >= 11 is 0. The lowest BCUT2D eigenvalue weighted by molar-refractivity contribution is 0.174. The molecule has 8 heteroatoms. The molecule has 0 amide bonds. The van der Waals surface area contributed by atoms with Gasteiger partial charge in [-0.15, -0.1) is 0 Å². The molecule has 2 N–H and O–H groups in total. The second kappa shape index (κ2) is 7.28. The molecule has 2 aromatic carbocycles. The molecular formula is C19H18N4O4. The van der Waals surface area contributed by atoms with E-state index < -0.39 is 0 Å². The zero-order valence-electron chi connectivity index (χ0n) is 14.9. The summed E-state index contributed by atoms with van der Waals surface area (Å²) in [7, 11) is 3.23. The van der Waals surface area contributed by atoms with Crippen molar-refractivity contribution >= 4 is 23.0 Å². The lowest BCUT2D eigenvalue weighted by Crippen LogP contribution is -2.00. The number of ether oxygens (including phenoxy) is 4. The third-order valence-corrected chi connectivity index (χ3v) is 3.98. The summed E-state index contributed by atoms with van der Waals surface area (Å²) in [4.78, 5) is 8.52. The molecule has 0 radical (unpaired) electrons. The minimum Gasteiger partial charge on any atom is -0.497 e. The largest absolute Gasteiger partial charge is 0.497 e. The van der Waals surface area contributed by atoms with Gasteiger partial charge in [-0.05, 0) is 24.3 Å². The van der Waals surface area contributed by atoms with E-state index in [2.05, 4.69) is 20.6 Å². The fourth-order valence-corrected chi connectivity index (χ4v) is 2.67. The van der Waals surface area contributed by atoms with Crippen molar-refractivity contribution < 1.29 is 18.9 Å². The molecule has 1 aliphatic heterocycles. The third kappa shape index (κ3) is 3.64. The maximum Gasteiger partial charge on any atom is 0.231 e.